The van der Waals surface area contributed by atoms with Crippen molar-refractivity contribution in [1.82, 2.24) is 14.5 Å². The zero-order chi connectivity index (χ0) is 14.8. The van der Waals surface area contributed by atoms with Gasteiger partial charge in [0.25, 0.3) is 0 Å². The fourth-order valence-corrected chi connectivity index (χ4v) is 3.41. The van der Waals surface area contributed by atoms with Crippen LogP contribution in [0.5, 0.6) is 0 Å². The molecule has 1 aliphatic heterocycles. The Morgan fingerprint density at radius 2 is 2.33 bits per heavy atom. The molecule has 2 unspecified atom stereocenters. The lowest BCUT2D eigenvalue weighted by atomic mass is 9.99. The van der Waals surface area contributed by atoms with Crippen LogP contribution in [0.3, 0.4) is 0 Å². The molecule has 114 valence electrons. The molecule has 3 heterocycles. The van der Waals surface area contributed by atoms with Crippen LogP contribution in [0.15, 0.2) is 12.3 Å². The molecule has 1 saturated heterocycles. The first-order valence-corrected chi connectivity index (χ1v) is 8.32. The van der Waals surface area contributed by atoms with E-state index in [-0.39, 0.29) is 0 Å². The van der Waals surface area contributed by atoms with Crippen LogP contribution in [0.2, 0.25) is 5.02 Å². The molecule has 4 nitrogen and oxygen atoms in total. The minimum Gasteiger partial charge on any atom is -0.378 e. The molecule has 3 rings (SSSR count). The molecule has 0 aromatic carbocycles. The molecule has 0 spiro atoms. The van der Waals surface area contributed by atoms with Crippen molar-refractivity contribution >= 4 is 34.4 Å². The molecule has 0 bridgehead atoms. The summed E-state index contributed by atoms with van der Waals surface area (Å²) in [6.45, 7) is 3.91. The lowest BCUT2D eigenvalue weighted by molar-refractivity contribution is 0.0835. The first-order chi connectivity index (χ1) is 10.2. The van der Waals surface area contributed by atoms with Crippen LogP contribution in [-0.4, -0.2) is 33.1 Å². The van der Waals surface area contributed by atoms with Gasteiger partial charge in [-0.3, -0.25) is 0 Å². The maximum Gasteiger partial charge on any atom is 0.160 e. The fraction of sp³-hybridized carbons (Fsp3) is 0.600. The maximum absolute atomic E-state index is 6.02. The lowest BCUT2D eigenvalue weighted by Crippen LogP contribution is -2.21. The Bertz CT molecular complexity index is 629. The number of aromatic nitrogens is 3. The molecule has 2 aromatic heterocycles. The Balaban J connectivity index is 1.96. The van der Waals surface area contributed by atoms with E-state index in [0.29, 0.717) is 22.9 Å². The third-order valence-corrected chi connectivity index (χ3v) is 4.51. The largest absolute Gasteiger partial charge is 0.378 e. The molecule has 21 heavy (non-hydrogen) atoms. The van der Waals surface area contributed by atoms with Crippen LogP contribution < -0.4 is 0 Å². The molecule has 2 atom stereocenters. The first kappa shape index (κ1) is 15.1. The minimum atomic E-state index is 0.332. The van der Waals surface area contributed by atoms with Crippen molar-refractivity contribution in [3.8, 4) is 0 Å². The highest BCUT2D eigenvalue weighted by molar-refractivity contribution is 6.31. The monoisotopic (exact) mass is 327 g/mol. The van der Waals surface area contributed by atoms with Gasteiger partial charge in [-0.25, -0.2) is 9.97 Å². The lowest BCUT2D eigenvalue weighted by Gasteiger charge is -2.18. The van der Waals surface area contributed by atoms with Crippen LogP contribution in [0, 0.1) is 5.92 Å². The molecule has 0 N–H and O–H groups in total. The zero-order valence-electron chi connectivity index (χ0n) is 12.1. The molecule has 0 aliphatic carbocycles. The second-order valence-corrected chi connectivity index (χ2v) is 6.25. The number of fused-ring (bicyclic) bond motifs is 1. The number of aryl methyl sites for hydroxylation is 1. The van der Waals surface area contributed by atoms with Crippen LogP contribution in [0.1, 0.15) is 25.6 Å². The number of imidazole rings is 1. The van der Waals surface area contributed by atoms with Crippen LogP contribution in [0.4, 0.5) is 0 Å². The van der Waals surface area contributed by atoms with E-state index in [4.69, 9.17) is 27.9 Å². The van der Waals surface area contributed by atoms with E-state index in [0.717, 1.165) is 49.4 Å². The Kier molecular flexibility index (Phi) is 4.67. The minimum absolute atomic E-state index is 0.332. The average Bonchev–Trinajstić information content (AvgIpc) is 3.04. The van der Waals surface area contributed by atoms with Crippen molar-refractivity contribution in [2.24, 2.45) is 5.92 Å². The van der Waals surface area contributed by atoms with Gasteiger partial charge in [0.05, 0.1) is 11.1 Å². The van der Waals surface area contributed by atoms with Gasteiger partial charge < -0.3 is 9.30 Å². The number of alkyl halides is 1. The smallest absolute Gasteiger partial charge is 0.160 e. The molecule has 0 amide bonds. The Labute approximate surface area is 134 Å². The van der Waals surface area contributed by atoms with E-state index in [1.54, 1.807) is 6.20 Å². The van der Waals surface area contributed by atoms with Gasteiger partial charge in [-0.05, 0) is 18.9 Å². The Morgan fingerprint density at radius 3 is 3.10 bits per heavy atom. The second-order valence-electron chi connectivity index (χ2n) is 5.44. The standard InChI is InChI=1S/C15H19Cl2N3O/c1-2-13-10(4-6-21-13)9-20-14(3-5-16)19-12-7-11(17)8-18-15(12)20/h7-8,10,13H,2-6,9H2,1H3. The van der Waals surface area contributed by atoms with Gasteiger partial charge in [-0.1, -0.05) is 18.5 Å². The number of nitrogens with zero attached hydrogens (tertiary/aromatic N) is 3. The molecular weight excluding hydrogens is 309 g/mol. The van der Waals surface area contributed by atoms with Gasteiger partial charge in [-0.15, -0.1) is 11.6 Å². The molecular formula is C15H19Cl2N3O. The van der Waals surface area contributed by atoms with Crippen molar-refractivity contribution in [2.75, 3.05) is 12.5 Å². The van der Waals surface area contributed by atoms with Crippen molar-refractivity contribution in [1.29, 1.82) is 0 Å². The number of hydrogen-bond acceptors (Lipinski definition) is 3. The highest BCUT2D eigenvalue weighted by Crippen LogP contribution is 2.27. The Hall–Kier alpha value is -0.840. The van der Waals surface area contributed by atoms with Gasteiger partial charge in [-0.2, -0.15) is 0 Å². The van der Waals surface area contributed by atoms with Gasteiger partial charge in [0.2, 0.25) is 0 Å². The zero-order valence-corrected chi connectivity index (χ0v) is 13.6. The fourth-order valence-electron chi connectivity index (χ4n) is 3.09. The van der Waals surface area contributed by atoms with Crippen molar-refractivity contribution in [2.45, 2.75) is 38.8 Å². The number of hydrogen-bond donors (Lipinski definition) is 0. The molecule has 0 saturated carbocycles. The van der Waals surface area contributed by atoms with Gasteiger partial charge in [0.1, 0.15) is 11.3 Å². The normalized spacial score (nSPS) is 22.2. The van der Waals surface area contributed by atoms with Gasteiger partial charge >= 0.3 is 0 Å². The third-order valence-electron chi connectivity index (χ3n) is 4.11. The third kappa shape index (κ3) is 3.03. The van der Waals surface area contributed by atoms with E-state index in [2.05, 4.69) is 21.5 Å². The summed E-state index contributed by atoms with van der Waals surface area (Å²) in [5, 5.41) is 0.611. The number of rotatable bonds is 5. The van der Waals surface area contributed by atoms with Crippen molar-refractivity contribution in [3.63, 3.8) is 0 Å². The van der Waals surface area contributed by atoms with Crippen molar-refractivity contribution < 1.29 is 4.74 Å². The summed E-state index contributed by atoms with van der Waals surface area (Å²) in [5.74, 6) is 2.05. The van der Waals surface area contributed by atoms with Gasteiger partial charge in [0.15, 0.2) is 5.65 Å². The van der Waals surface area contributed by atoms with Crippen LogP contribution in [0.25, 0.3) is 11.2 Å². The quantitative estimate of drug-likeness (QED) is 0.786. The SMILES string of the molecule is CCC1OCCC1Cn1c(CCCl)nc2cc(Cl)cnc21. The van der Waals surface area contributed by atoms with E-state index < -0.39 is 0 Å². The molecule has 6 heteroatoms. The summed E-state index contributed by atoms with van der Waals surface area (Å²) in [5.41, 5.74) is 1.73. The second kappa shape index (κ2) is 6.51. The van der Waals surface area contributed by atoms with E-state index in [1.807, 2.05) is 6.07 Å². The number of halogens is 2. The molecule has 1 aliphatic rings. The van der Waals surface area contributed by atoms with Crippen LogP contribution >= 0.6 is 23.2 Å². The van der Waals surface area contributed by atoms with Gasteiger partial charge in [0, 0.05) is 37.6 Å². The molecule has 2 aromatic rings. The Morgan fingerprint density at radius 1 is 1.48 bits per heavy atom. The summed E-state index contributed by atoms with van der Waals surface area (Å²) >= 11 is 11.9. The predicted molar refractivity (Wildman–Crippen MR) is 85.1 cm³/mol. The van der Waals surface area contributed by atoms with Crippen molar-refractivity contribution in [3.05, 3.63) is 23.1 Å². The average molecular weight is 328 g/mol. The number of pyridine rings is 1. The maximum atomic E-state index is 6.02. The van der Waals surface area contributed by atoms with E-state index in [9.17, 15) is 0 Å². The summed E-state index contributed by atoms with van der Waals surface area (Å²) in [7, 11) is 0. The summed E-state index contributed by atoms with van der Waals surface area (Å²) in [6.07, 6.45) is 4.88. The molecule has 0 radical (unpaired) electrons. The highest BCUT2D eigenvalue weighted by Gasteiger charge is 2.28. The summed E-state index contributed by atoms with van der Waals surface area (Å²) in [4.78, 5) is 9.11. The first-order valence-electron chi connectivity index (χ1n) is 7.41. The van der Waals surface area contributed by atoms with Crippen LogP contribution in [-0.2, 0) is 17.7 Å². The van der Waals surface area contributed by atoms with E-state index in [1.165, 1.54) is 0 Å². The summed E-state index contributed by atoms with van der Waals surface area (Å²) < 4.78 is 7.98. The summed E-state index contributed by atoms with van der Waals surface area (Å²) in [6, 6.07) is 1.86. The van der Waals surface area contributed by atoms with E-state index >= 15 is 0 Å². The topological polar surface area (TPSA) is 39.9 Å². The highest BCUT2D eigenvalue weighted by atomic mass is 35.5. The predicted octanol–water partition coefficient (Wildman–Crippen LogP) is 3.68. The molecule has 1 fully saturated rings. The number of ether oxygens (including phenoxy) is 1.